The lowest BCUT2D eigenvalue weighted by Crippen LogP contribution is -2.47. The standard InChI is InChI=1S/C20H22FN3O4/c1-28-16-8-2-13(3-9-16)12-23-20(27)17(10-11-18(22)25)24-19(26)14-4-6-15(21)7-5-14/h2-9,17H,10-12H2,1H3,(H2,22,25)(H,23,27)(H,24,26)/t17-/m1/s1. The van der Waals surface area contributed by atoms with Gasteiger partial charge in [-0.1, -0.05) is 12.1 Å². The zero-order valence-corrected chi connectivity index (χ0v) is 15.4. The van der Waals surface area contributed by atoms with E-state index in [1.165, 1.54) is 12.1 Å². The molecular weight excluding hydrogens is 365 g/mol. The summed E-state index contributed by atoms with van der Waals surface area (Å²) in [4.78, 5) is 35.9. The average Bonchev–Trinajstić information content (AvgIpc) is 2.69. The van der Waals surface area contributed by atoms with Crippen molar-refractivity contribution in [2.24, 2.45) is 5.73 Å². The summed E-state index contributed by atoms with van der Waals surface area (Å²) in [5.74, 6) is -1.36. The van der Waals surface area contributed by atoms with E-state index < -0.39 is 29.6 Å². The molecule has 8 heteroatoms. The van der Waals surface area contributed by atoms with Gasteiger partial charge in [-0.2, -0.15) is 0 Å². The monoisotopic (exact) mass is 387 g/mol. The first-order valence-electron chi connectivity index (χ1n) is 8.64. The maximum atomic E-state index is 13.0. The topological polar surface area (TPSA) is 111 Å². The van der Waals surface area contributed by atoms with Crippen molar-refractivity contribution in [3.8, 4) is 5.75 Å². The predicted octanol–water partition coefficient (Wildman–Crippen LogP) is 1.51. The zero-order valence-electron chi connectivity index (χ0n) is 15.4. The molecule has 4 N–H and O–H groups in total. The quantitative estimate of drug-likeness (QED) is 0.606. The van der Waals surface area contributed by atoms with Crippen LogP contribution in [0.3, 0.4) is 0 Å². The van der Waals surface area contributed by atoms with E-state index in [9.17, 15) is 18.8 Å². The van der Waals surface area contributed by atoms with Gasteiger partial charge in [0.2, 0.25) is 11.8 Å². The SMILES string of the molecule is COc1ccc(CNC(=O)[C@@H](CCC(N)=O)NC(=O)c2ccc(F)cc2)cc1. The van der Waals surface area contributed by atoms with E-state index in [1.54, 1.807) is 31.4 Å². The first-order chi connectivity index (χ1) is 13.4. The summed E-state index contributed by atoms with van der Waals surface area (Å²) in [6, 6.07) is 11.1. The van der Waals surface area contributed by atoms with Crippen molar-refractivity contribution < 1.29 is 23.5 Å². The maximum Gasteiger partial charge on any atom is 0.251 e. The molecule has 0 bridgehead atoms. The molecule has 0 aliphatic carbocycles. The van der Waals surface area contributed by atoms with Crippen LogP contribution in [0.4, 0.5) is 4.39 Å². The summed E-state index contributed by atoms with van der Waals surface area (Å²) in [5.41, 5.74) is 6.20. The molecule has 3 amide bonds. The molecule has 1 atom stereocenters. The first-order valence-corrected chi connectivity index (χ1v) is 8.64. The normalized spacial score (nSPS) is 11.4. The second kappa shape index (κ2) is 10.1. The lowest BCUT2D eigenvalue weighted by Gasteiger charge is -2.18. The van der Waals surface area contributed by atoms with Crippen LogP contribution in [0.2, 0.25) is 0 Å². The van der Waals surface area contributed by atoms with Crippen molar-refractivity contribution >= 4 is 17.7 Å². The molecule has 28 heavy (non-hydrogen) atoms. The largest absolute Gasteiger partial charge is 0.497 e. The number of nitrogens with one attached hydrogen (secondary N) is 2. The van der Waals surface area contributed by atoms with E-state index >= 15 is 0 Å². The van der Waals surface area contributed by atoms with Crippen LogP contribution in [0.15, 0.2) is 48.5 Å². The van der Waals surface area contributed by atoms with E-state index in [0.29, 0.717) is 5.75 Å². The van der Waals surface area contributed by atoms with E-state index in [0.717, 1.165) is 17.7 Å². The molecule has 0 unspecified atom stereocenters. The number of rotatable bonds is 9. The third kappa shape index (κ3) is 6.39. The number of ether oxygens (including phenoxy) is 1. The number of methoxy groups -OCH3 is 1. The molecule has 0 spiro atoms. The van der Waals surface area contributed by atoms with Gasteiger partial charge in [-0.15, -0.1) is 0 Å². The van der Waals surface area contributed by atoms with Gasteiger partial charge < -0.3 is 21.1 Å². The Hall–Kier alpha value is -3.42. The molecule has 148 valence electrons. The molecule has 2 aromatic rings. The minimum absolute atomic E-state index is 0.0523. The number of carbonyl (C=O) groups excluding carboxylic acids is 3. The highest BCUT2D eigenvalue weighted by Crippen LogP contribution is 2.11. The summed E-state index contributed by atoms with van der Waals surface area (Å²) in [6.45, 7) is 0.238. The number of amides is 3. The van der Waals surface area contributed by atoms with Crippen LogP contribution in [0.25, 0.3) is 0 Å². The Kier molecular flexibility index (Phi) is 7.50. The second-order valence-electron chi connectivity index (χ2n) is 6.10. The molecule has 0 heterocycles. The van der Waals surface area contributed by atoms with Crippen LogP contribution in [-0.2, 0) is 16.1 Å². The molecular formula is C20H22FN3O4. The van der Waals surface area contributed by atoms with Crippen molar-refractivity contribution in [2.75, 3.05) is 7.11 Å². The Morgan fingerprint density at radius 1 is 1.07 bits per heavy atom. The minimum atomic E-state index is -0.955. The summed E-state index contributed by atoms with van der Waals surface area (Å²) in [6.07, 6.45) is -0.0129. The van der Waals surface area contributed by atoms with Gasteiger partial charge in [-0.3, -0.25) is 14.4 Å². The number of benzene rings is 2. The molecule has 0 aliphatic rings. The Morgan fingerprint density at radius 3 is 2.29 bits per heavy atom. The Bertz CT molecular complexity index is 822. The molecule has 0 fully saturated rings. The third-order valence-electron chi connectivity index (χ3n) is 4.03. The summed E-state index contributed by atoms with van der Waals surface area (Å²) in [7, 11) is 1.56. The highest BCUT2D eigenvalue weighted by molar-refractivity contribution is 5.97. The number of hydrogen-bond acceptors (Lipinski definition) is 4. The summed E-state index contributed by atoms with van der Waals surface area (Å²) >= 11 is 0. The highest BCUT2D eigenvalue weighted by Gasteiger charge is 2.22. The molecule has 2 rings (SSSR count). The fourth-order valence-electron chi connectivity index (χ4n) is 2.45. The van der Waals surface area contributed by atoms with Crippen molar-refractivity contribution in [1.82, 2.24) is 10.6 Å². The molecule has 0 radical (unpaired) electrons. The van der Waals surface area contributed by atoms with E-state index in [4.69, 9.17) is 10.5 Å². The van der Waals surface area contributed by atoms with Gasteiger partial charge in [0.1, 0.15) is 17.6 Å². The van der Waals surface area contributed by atoms with E-state index in [2.05, 4.69) is 10.6 Å². The van der Waals surface area contributed by atoms with Crippen molar-refractivity contribution in [1.29, 1.82) is 0 Å². The minimum Gasteiger partial charge on any atom is -0.497 e. The molecule has 0 saturated carbocycles. The Morgan fingerprint density at radius 2 is 1.71 bits per heavy atom. The van der Waals surface area contributed by atoms with Crippen LogP contribution in [0, 0.1) is 5.82 Å². The van der Waals surface area contributed by atoms with Crippen molar-refractivity contribution in [3.63, 3.8) is 0 Å². The molecule has 0 aromatic heterocycles. The molecule has 0 saturated heterocycles. The zero-order chi connectivity index (χ0) is 20.5. The average molecular weight is 387 g/mol. The molecule has 0 aliphatic heterocycles. The molecule has 7 nitrogen and oxygen atoms in total. The molecule has 2 aromatic carbocycles. The van der Waals surface area contributed by atoms with Gasteiger partial charge in [-0.05, 0) is 48.4 Å². The van der Waals surface area contributed by atoms with Gasteiger partial charge in [0, 0.05) is 18.5 Å². The van der Waals surface area contributed by atoms with E-state index in [1.807, 2.05) is 0 Å². The van der Waals surface area contributed by atoms with Crippen LogP contribution in [0.1, 0.15) is 28.8 Å². The number of hydrogen-bond donors (Lipinski definition) is 3. The smallest absolute Gasteiger partial charge is 0.251 e. The van der Waals surface area contributed by atoms with Crippen LogP contribution >= 0.6 is 0 Å². The van der Waals surface area contributed by atoms with Gasteiger partial charge >= 0.3 is 0 Å². The lowest BCUT2D eigenvalue weighted by atomic mass is 10.1. The van der Waals surface area contributed by atoms with Gasteiger partial charge in [-0.25, -0.2) is 4.39 Å². The van der Waals surface area contributed by atoms with Gasteiger partial charge in [0.15, 0.2) is 0 Å². The highest BCUT2D eigenvalue weighted by atomic mass is 19.1. The lowest BCUT2D eigenvalue weighted by molar-refractivity contribution is -0.123. The second-order valence-corrected chi connectivity index (χ2v) is 6.10. The van der Waals surface area contributed by atoms with Gasteiger partial charge in [0.25, 0.3) is 5.91 Å². The number of nitrogens with two attached hydrogens (primary N) is 1. The number of primary amides is 1. The van der Waals surface area contributed by atoms with Crippen LogP contribution < -0.4 is 21.1 Å². The summed E-state index contributed by atoms with van der Waals surface area (Å²) < 4.78 is 18.1. The summed E-state index contributed by atoms with van der Waals surface area (Å²) in [5, 5.41) is 5.28. The first kappa shape index (κ1) is 20.9. The van der Waals surface area contributed by atoms with Crippen LogP contribution in [-0.4, -0.2) is 30.9 Å². The van der Waals surface area contributed by atoms with Crippen molar-refractivity contribution in [3.05, 3.63) is 65.5 Å². The fourth-order valence-corrected chi connectivity index (χ4v) is 2.45. The van der Waals surface area contributed by atoms with Crippen LogP contribution in [0.5, 0.6) is 5.75 Å². The number of carbonyl (C=O) groups is 3. The van der Waals surface area contributed by atoms with E-state index in [-0.39, 0.29) is 24.9 Å². The fraction of sp³-hybridized carbons (Fsp3) is 0.250. The van der Waals surface area contributed by atoms with Crippen molar-refractivity contribution in [2.45, 2.75) is 25.4 Å². The third-order valence-corrected chi connectivity index (χ3v) is 4.03. The Balaban J connectivity index is 2.01. The van der Waals surface area contributed by atoms with Gasteiger partial charge in [0.05, 0.1) is 7.11 Å². The maximum absolute atomic E-state index is 13.0. The Labute approximate surface area is 162 Å². The predicted molar refractivity (Wildman–Crippen MR) is 101 cm³/mol. The number of halogens is 1.